The maximum absolute atomic E-state index is 13.2. The van der Waals surface area contributed by atoms with Crippen LogP contribution in [0.2, 0.25) is 5.02 Å². The molecule has 170 valence electrons. The number of halogens is 1. The molecule has 32 heavy (non-hydrogen) atoms. The van der Waals surface area contributed by atoms with Crippen LogP contribution in [-0.2, 0) is 14.8 Å². The van der Waals surface area contributed by atoms with Gasteiger partial charge in [-0.15, -0.1) is 0 Å². The third kappa shape index (κ3) is 4.66. The molecule has 2 saturated heterocycles. The molecule has 0 saturated carbocycles. The van der Waals surface area contributed by atoms with E-state index in [0.717, 1.165) is 0 Å². The number of carbonyl (C=O) groups is 2. The zero-order valence-electron chi connectivity index (χ0n) is 17.4. The van der Waals surface area contributed by atoms with E-state index in [1.54, 1.807) is 52.3 Å². The second kappa shape index (κ2) is 9.58. The van der Waals surface area contributed by atoms with Crippen LogP contribution in [0.3, 0.4) is 0 Å². The fraction of sp³-hybridized carbons (Fsp3) is 0.364. The summed E-state index contributed by atoms with van der Waals surface area (Å²) in [5, 5.41) is 0.489. The Morgan fingerprint density at radius 3 is 2.09 bits per heavy atom. The van der Waals surface area contributed by atoms with E-state index in [1.807, 2.05) is 0 Å². The molecule has 0 radical (unpaired) electrons. The van der Waals surface area contributed by atoms with E-state index in [4.69, 9.17) is 16.3 Å². The summed E-state index contributed by atoms with van der Waals surface area (Å²) in [6.45, 7) is 2.53. The molecule has 2 heterocycles. The number of morpholine rings is 1. The number of ether oxygens (including phenoxy) is 1. The smallest absolute Gasteiger partial charge is 0.255 e. The van der Waals surface area contributed by atoms with Crippen LogP contribution in [0.25, 0.3) is 0 Å². The summed E-state index contributed by atoms with van der Waals surface area (Å²) in [5.74, 6) is -0.498. The van der Waals surface area contributed by atoms with Gasteiger partial charge in [-0.1, -0.05) is 29.8 Å². The monoisotopic (exact) mass is 477 g/mol. The normalized spacial score (nSPS) is 17.9. The Morgan fingerprint density at radius 1 is 0.812 bits per heavy atom. The van der Waals surface area contributed by atoms with Crippen molar-refractivity contribution in [3.8, 4) is 0 Å². The van der Waals surface area contributed by atoms with Crippen molar-refractivity contribution in [2.24, 2.45) is 0 Å². The minimum atomic E-state index is -3.81. The van der Waals surface area contributed by atoms with Crippen LogP contribution in [-0.4, -0.2) is 86.8 Å². The van der Waals surface area contributed by atoms with Crippen LogP contribution >= 0.6 is 11.6 Å². The molecule has 2 aliphatic rings. The minimum Gasteiger partial charge on any atom is -0.379 e. The van der Waals surface area contributed by atoms with Crippen molar-refractivity contribution in [1.29, 1.82) is 0 Å². The summed E-state index contributed by atoms with van der Waals surface area (Å²) >= 11 is 5.99. The van der Waals surface area contributed by atoms with Gasteiger partial charge in [0.15, 0.2) is 0 Å². The van der Waals surface area contributed by atoms with Crippen LogP contribution < -0.4 is 0 Å². The maximum Gasteiger partial charge on any atom is 0.255 e. The number of nitrogens with zero attached hydrogens (tertiary/aromatic N) is 3. The van der Waals surface area contributed by atoms with E-state index in [0.29, 0.717) is 50.0 Å². The topological polar surface area (TPSA) is 87.2 Å². The lowest BCUT2D eigenvalue weighted by Gasteiger charge is -2.35. The van der Waals surface area contributed by atoms with Crippen LogP contribution in [0.5, 0.6) is 0 Å². The van der Waals surface area contributed by atoms with E-state index >= 15 is 0 Å². The summed E-state index contributed by atoms with van der Waals surface area (Å²) in [5.41, 5.74) is 0.646. The molecular formula is C22H24ClN3O5S. The molecule has 0 N–H and O–H groups in total. The molecule has 0 spiro atoms. The maximum atomic E-state index is 13.2. The van der Waals surface area contributed by atoms with Crippen molar-refractivity contribution in [1.82, 2.24) is 14.1 Å². The largest absolute Gasteiger partial charge is 0.379 e. The van der Waals surface area contributed by atoms with Crippen molar-refractivity contribution < 1.29 is 22.7 Å². The van der Waals surface area contributed by atoms with Crippen LogP contribution in [0.4, 0.5) is 0 Å². The van der Waals surface area contributed by atoms with Gasteiger partial charge in [0.25, 0.3) is 11.8 Å². The highest BCUT2D eigenvalue weighted by Crippen LogP contribution is 2.23. The number of benzene rings is 2. The molecule has 0 unspecified atom stereocenters. The van der Waals surface area contributed by atoms with Gasteiger partial charge in [0.1, 0.15) is 0 Å². The first-order valence-electron chi connectivity index (χ1n) is 10.4. The molecule has 4 rings (SSSR count). The summed E-state index contributed by atoms with van der Waals surface area (Å²) < 4.78 is 32.9. The molecule has 2 amide bonds. The lowest BCUT2D eigenvalue weighted by atomic mass is 10.1. The van der Waals surface area contributed by atoms with Gasteiger partial charge in [-0.05, 0) is 30.3 Å². The standard InChI is InChI=1S/C22H24ClN3O5S/c23-18-5-3-4-17(16-18)21(27)24-8-10-25(11-9-24)22(28)19-6-1-2-7-20(19)32(29,30)26-12-14-31-15-13-26/h1-7,16H,8-15H2. The SMILES string of the molecule is O=C(c1cccc(Cl)c1)N1CCN(C(=O)c2ccccc2S(=O)(=O)N2CCOCC2)CC1. The molecule has 8 nitrogen and oxygen atoms in total. The predicted octanol–water partition coefficient (Wildman–Crippen LogP) is 1.96. The zero-order chi connectivity index (χ0) is 22.7. The van der Waals surface area contributed by atoms with E-state index in [1.165, 1.54) is 10.4 Å². The molecule has 0 bridgehead atoms. The Kier molecular flexibility index (Phi) is 6.80. The fourth-order valence-electron chi connectivity index (χ4n) is 3.88. The molecule has 0 aliphatic carbocycles. The van der Waals surface area contributed by atoms with E-state index in [9.17, 15) is 18.0 Å². The molecule has 2 aromatic carbocycles. The second-order valence-electron chi connectivity index (χ2n) is 7.61. The van der Waals surface area contributed by atoms with Gasteiger partial charge >= 0.3 is 0 Å². The lowest BCUT2D eigenvalue weighted by Crippen LogP contribution is -2.51. The average molecular weight is 478 g/mol. The Balaban J connectivity index is 1.48. The highest BCUT2D eigenvalue weighted by Gasteiger charge is 2.32. The molecule has 0 atom stereocenters. The van der Waals surface area contributed by atoms with Crippen molar-refractivity contribution in [2.45, 2.75) is 4.90 Å². The zero-order valence-corrected chi connectivity index (χ0v) is 19.0. The van der Waals surface area contributed by atoms with Crippen molar-refractivity contribution in [2.75, 3.05) is 52.5 Å². The highest BCUT2D eigenvalue weighted by molar-refractivity contribution is 7.89. The van der Waals surface area contributed by atoms with Gasteiger partial charge in [-0.25, -0.2) is 8.42 Å². The Morgan fingerprint density at radius 2 is 1.44 bits per heavy atom. The first-order valence-corrected chi connectivity index (χ1v) is 12.2. The molecule has 2 aromatic rings. The van der Waals surface area contributed by atoms with Gasteiger partial charge in [0.05, 0.1) is 23.7 Å². The number of carbonyl (C=O) groups excluding carboxylic acids is 2. The minimum absolute atomic E-state index is 0.00401. The number of hydrogen-bond acceptors (Lipinski definition) is 5. The quantitative estimate of drug-likeness (QED) is 0.671. The Hall–Kier alpha value is -2.46. The predicted molar refractivity (Wildman–Crippen MR) is 119 cm³/mol. The highest BCUT2D eigenvalue weighted by atomic mass is 35.5. The van der Waals surface area contributed by atoms with E-state index in [-0.39, 0.29) is 35.4 Å². The second-order valence-corrected chi connectivity index (χ2v) is 9.95. The van der Waals surface area contributed by atoms with Crippen molar-refractivity contribution >= 4 is 33.4 Å². The number of sulfonamides is 1. The molecule has 0 aromatic heterocycles. The van der Waals surface area contributed by atoms with Gasteiger partial charge in [0.2, 0.25) is 10.0 Å². The van der Waals surface area contributed by atoms with Crippen molar-refractivity contribution in [3.05, 3.63) is 64.7 Å². The molecular weight excluding hydrogens is 454 g/mol. The van der Waals surface area contributed by atoms with E-state index in [2.05, 4.69) is 0 Å². The first kappa shape index (κ1) is 22.7. The average Bonchev–Trinajstić information content (AvgIpc) is 2.84. The van der Waals surface area contributed by atoms with Gasteiger partial charge in [0, 0.05) is 49.9 Å². The number of rotatable bonds is 4. The number of piperazine rings is 1. The Bertz CT molecular complexity index is 1110. The van der Waals surface area contributed by atoms with Crippen LogP contribution in [0.15, 0.2) is 53.4 Å². The lowest BCUT2D eigenvalue weighted by molar-refractivity contribution is 0.0533. The van der Waals surface area contributed by atoms with Crippen molar-refractivity contribution in [3.63, 3.8) is 0 Å². The molecule has 2 aliphatic heterocycles. The number of amides is 2. The third-order valence-corrected chi connectivity index (χ3v) is 7.82. The summed E-state index contributed by atoms with van der Waals surface area (Å²) in [7, 11) is -3.81. The van der Waals surface area contributed by atoms with Gasteiger partial charge < -0.3 is 14.5 Å². The Labute approximate surface area is 192 Å². The first-order chi connectivity index (χ1) is 15.4. The summed E-state index contributed by atoms with van der Waals surface area (Å²) in [6.07, 6.45) is 0. The van der Waals surface area contributed by atoms with Gasteiger partial charge in [-0.2, -0.15) is 4.31 Å². The third-order valence-electron chi connectivity index (χ3n) is 5.63. The molecule has 2 fully saturated rings. The van der Waals surface area contributed by atoms with Gasteiger partial charge in [-0.3, -0.25) is 9.59 Å². The fourth-order valence-corrected chi connectivity index (χ4v) is 5.66. The van der Waals surface area contributed by atoms with Crippen LogP contribution in [0.1, 0.15) is 20.7 Å². The molecule has 10 heteroatoms. The van der Waals surface area contributed by atoms with Crippen LogP contribution in [0, 0.1) is 0 Å². The summed E-state index contributed by atoms with van der Waals surface area (Å²) in [6, 6.07) is 13.0. The van der Waals surface area contributed by atoms with E-state index < -0.39 is 10.0 Å². The summed E-state index contributed by atoms with van der Waals surface area (Å²) in [4.78, 5) is 29.2. The number of hydrogen-bond donors (Lipinski definition) is 0.